The maximum Gasteiger partial charge on any atom is 0.223 e. The molecule has 0 aromatic carbocycles. The summed E-state index contributed by atoms with van der Waals surface area (Å²) in [4.78, 5) is 11.9. The minimum absolute atomic E-state index is 0. The number of hydrogen-bond donors (Lipinski definition) is 3. The fraction of sp³-hybridized carbons (Fsp3) is 0.923. The topological polar surface area (TPSA) is 75.3 Å². The van der Waals surface area contributed by atoms with Gasteiger partial charge in [-0.3, -0.25) is 4.79 Å². The summed E-state index contributed by atoms with van der Waals surface area (Å²) in [6.07, 6.45) is 4.31. The molecule has 1 aliphatic rings. The molecule has 0 aliphatic heterocycles. The van der Waals surface area contributed by atoms with Crippen molar-refractivity contribution in [3.05, 3.63) is 0 Å². The van der Waals surface area contributed by atoms with Crippen molar-refractivity contribution in [2.45, 2.75) is 58.1 Å². The molecular weight excluding hydrogens is 252 g/mol. The van der Waals surface area contributed by atoms with E-state index in [1.165, 1.54) is 0 Å². The monoisotopic (exact) mass is 278 g/mol. The number of carbonyl (C=O) groups excluding carboxylic acids is 1. The number of aliphatic hydroxyl groups excluding tert-OH is 1. The zero-order valence-electron chi connectivity index (χ0n) is 11.4. The summed E-state index contributed by atoms with van der Waals surface area (Å²) in [6.45, 7) is 4.47. The third-order valence-electron chi connectivity index (χ3n) is 3.45. The van der Waals surface area contributed by atoms with E-state index < -0.39 is 0 Å². The first-order chi connectivity index (χ1) is 7.99. The molecule has 0 heterocycles. The Morgan fingerprint density at radius 1 is 1.44 bits per heavy atom. The van der Waals surface area contributed by atoms with Crippen LogP contribution in [0.25, 0.3) is 0 Å². The van der Waals surface area contributed by atoms with Crippen LogP contribution in [0, 0.1) is 11.8 Å². The average Bonchev–Trinajstić information content (AvgIpc) is 2.25. The molecule has 0 bridgehead atoms. The maximum absolute atomic E-state index is 11.9. The summed E-state index contributed by atoms with van der Waals surface area (Å²) >= 11 is 0. The Kier molecular flexibility index (Phi) is 8.57. The molecule has 0 radical (unpaired) electrons. The van der Waals surface area contributed by atoms with Gasteiger partial charge in [-0.05, 0) is 38.5 Å². The van der Waals surface area contributed by atoms with Crippen LogP contribution in [0.2, 0.25) is 0 Å². The van der Waals surface area contributed by atoms with Gasteiger partial charge in [0.25, 0.3) is 0 Å². The van der Waals surface area contributed by atoms with Crippen molar-refractivity contribution in [2.75, 3.05) is 6.54 Å². The van der Waals surface area contributed by atoms with E-state index in [1.54, 1.807) is 6.92 Å². The van der Waals surface area contributed by atoms with E-state index in [-0.39, 0.29) is 36.4 Å². The van der Waals surface area contributed by atoms with E-state index >= 15 is 0 Å². The first-order valence-corrected chi connectivity index (χ1v) is 6.70. The van der Waals surface area contributed by atoms with Gasteiger partial charge in [-0.25, -0.2) is 0 Å². The van der Waals surface area contributed by atoms with Gasteiger partial charge < -0.3 is 16.2 Å². The molecule has 1 amide bonds. The lowest BCUT2D eigenvalue weighted by molar-refractivity contribution is -0.126. The second-order valence-electron chi connectivity index (χ2n) is 5.56. The fourth-order valence-corrected chi connectivity index (χ4v) is 2.55. The molecule has 4 nitrogen and oxygen atoms in total. The quantitative estimate of drug-likeness (QED) is 0.712. The van der Waals surface area contributed by atoms with Crippen LogP contribution in [0.3, 0.4) is 0 Å². The molecule has 108 valence electrons. The van der Waals surface area contributed by atoms with Gasteiger partial charge in [0, 0.05) is 18.5 Å². The highest BCUT2D eigenvalue weighted by Gasteiger charge is 2.25. The lowest BCUT2D eigenvalue weighted by Crippen LogP contribution is -2.39. The molecule has 4 unspecified atom stereocenters. The SMILES string of the molecule is CC(O)CC(C)CNC(=O)C1CCCC(N)C1.Cl. The number of halogens is 1. The summed E-state index contributed by atoms with van der Waals surface area (Å²) in [6, 6.07) is 0.189. The first-order valence-electron chi connectivity index (χ1n) is 6.70. The summed E-state index contributed by atoms with van der Waals surface area (Å²) in [5, 5.41) is 12.2. The molecule has 0 aromatic heterocycles. The molecule has 0 aromatic rings. The molecule has 0 spiro atoms. The Labute approximate surface area is 116 Å². The van der Waals surface area contributed by atoms with Gasteiger partial charge in [0.15, 0.2) is 0 Å². The van der Waals surface area contributed by atoms with E-state index in [0.717, 1.165) is 32.1 Å². The second-order valence-corrected chi connectivity index (χ2v) is 5.56. The van der Waals surface area contributed by atoms with E-state index in [1.807, 2.05) is 6.92 Å². The summed E-state index contributed by atoms with van der Waals surface area (Å²) in [7, 11) is 0. The van der Waals surface area contributed by atoms with Gasteiger partial charge in [0.05, 0.1) is 6.10 Å². The third-order valence-corrected chi connectivity index (χ3v) is 3.45. The lowest BCUT2D eigenvalue weighted by Gasteiger charge is -2.26. The largest absolute Gasteiger partial charge is 0.393 e. The van der Waals surface area contributed by atoms with Crippen molar-refractivity contribution in [1.82, 2.24) is 5.32 Å². The van der Waals surface area contributed by atoms with Crippen LogP contribution >= 0.6 is 12.4 Å². The van der Waals surface area contributed by atoms with Gasteiger partial charge in [-0.2, -0.15) is 0 Å². The molecule has 1 fully saturated rings. The Hall–Kier alpha value is -0.320. The summed E-state index contributed by atoms with van der Waals surface area (Å²) in [5.41, 5.74) is 5.87. The number of carbonyl (C=O) groups is 1. The zero-order chi connectivity index (χ0) is 12.8. The van der Waals surface area contributed by atoms with Gasteiger partial charge >= 0.3 is 0 Å². The van der Waals surface area contributed by atoms with Crippen molar-refractivity contribution in [1.29, 1.82) is 0 Å². The minimum Gasteiger partial charge on any atom is -0.393 e. The Balaban J connectivity index is 0.00000289. The predicted octanol–water partition coefficient (Wildman–Crippen LogP) is 1.45. The molecule has 1 aliphatic carbocycles. The van der Waals surface area contributed by atoms with Crippen molar-refractivity contribution in [2.24, 2.45) is 17.6 Å². The number of hydrogen-bond acceptors (Lipinski definition) is 3. The van der Waals surface area contributed by atoms with E-state index in [9.17, 15) is 9.90 Å². The fourth-order valence-electron chi connectivity index (χ4n) is 2.55. The third kappa shape index (κ3) is 6.57. The number of aliphatic hydroxyl groups is 1. The number of rotatable bonds is 5. The predicted molar refractivity (Wildman–Crippen MR) is 75.7 cm³/mol. The summed E-state index contributed by atoms with van der Waals surface area (Å²) < 4.78 is 0. The molecular formula is C13H27ClN2O2. The molecule has 1 rings (SSSR count). The number of amides is 1. The van der Waals surface area contributed by atoms with E-state index in [0.29, 0.717) is 12.5 Å². The highest BCUT2D eigenvalue weighted by molar-refractivity contribution is 5.85. The minimum atomic E-state index is -0.301. The van der Waals surface area contributed by atoms with E-state index in [4.69, 9.17) is 5.73 Å². The molecule has 4 atom stereocenters. The van der Waals surface area contributed by atoms with Crippen molar-refractivity contribution >= 4 is 18.3 Å². The Morgan fingerprint density at radius 3 is 2.67 bits per heavy atom. The molecule has 0 saturated heterocycles. The lowest BCUT2D eigenvalue weighted by atomic mass is 9.85. The van der Waals surface area contributed by atoms with Crippen LogP contribution in [-0.4, -0.2) is 29.7 Å². The van der Waals surface area contributed by atoms with Gasteiger partial charge in [0.2, 0.25) is 5.91 Å². The molecule has 4 N–H and O–H groups in total. The van der Waals surface area contributed by atoms with Gasteiger partial charge in [0.1, 0.15) is 0 Å². The van der Waals surface area contributed by atoms with Crippen LogP contribution in [0.4, 0.5) is 0 Å². The highest BCUT2D eigenvalue weighted by Crippen LogP contribution is 2.23. The smallest absolute Gasteiger partial charge is 0.223 e. The van der Waals surface area contributed by atoms with Gasteiger partial charge in [-0.1, -0.05) is 13.3 Å². The molecule has 1 saturated carbocycles. The normalized spacial score (nSPS) is 26.9. The van der Waals surface area contributed by atoms with Crippen LogP contribution < -0.4 is 11.1 Å². The Bertz CT molecular complexity index is 249. The first kappa shape index (κ1) is 17.7. The van der Waals surface area contributed by atoms with Crippen molar-refractivity contribution in [3.8, 4) is 0 Å². The number of nitrogens with one attached hydrogen (secondary N) is 1. The van der Waals surface area contributed by atoms with Crippen LogP contribution in [0.1, 0.15) is 46.0 Å². The van der Waals surface area contributed by atoms with Crippen molar-refractivity contribution < 1.29 is 9.90 Å². The van der Waals surface area contributed by atoms with E-state index in [2.05, 4.69) is 5.32 Å². The highest BCUT2D eigenvalue weighted by atomic mass is 35.5. The zero-order valence-corrected chi connectivity index (χ0v) is 12.2. The van der Waals surface area contributed by atoms with Crippen LogP contribution in [0.15, 0.2) is 0 Å². The standard InChI is InChI=1S/C13H26N2O2.ClH/c1-9(6-10(2)16)8-15-13(17)11-4-3-5-12(14)7-11;/h9-12,16H,3-8,14H2,1-2H3,(H,15,17);1H. The summed E-state index contributed by atoms with van der Waals surface area (Å²) in [5.74, 6) is 0.548. The molecule has 5 heteroatoms. The van der Waals surface area contributed by atoms with Crippen LogP contribution in [-0.2, 0) is 4.79 Å². The van der Waals surface area contributed by atoms with Crippen LogP contribution in [0.5, 0.6) is 0 Å². The van der Waals surface area contributed by atoms with Crippen molar-refractivity contribution in [3.63, 3.8) is 0 Å². The van der Waals surface area contributed by atoms with Gasteiger partial charge in [-0.15, -0.1) is 12.4 Å². The number of nitrogens with two attached hydrogens (primary N) is 1. The second kappa shape index (κ2) is 8.73. The Morgan fingerprint density at radius 2 is 2.11 bits per heavy atom. The molecule has 18 heavy (non-hydrogen) atoms. The maximum atomic E-state index is 11.9. The average molecular weight is 279 g/mol.